The standard InChI is InChI=1S/C25H34Cl2N4S.4ClH/c26-23-5-1-21(2-6-23)19-29-13-11-28(12-14-29)10-9-25(32)31-17-15-30(16-18-31)20-22-3-7-24(27)8-4-22;;;;/h1-8,25,32H,9-20H2;4*1H. The number of benzene rings is 2. The quantitative estimate of drug-likeness (QED) is 0.343. The van der Waals surface area contributed by atoms with E-state index < -0.39 is 0 Å². The third-order valence-corrected chi connectivity index (χ3v) is 7.72. The van der Waals surface area contributed by atoms with E-state index in [0.29, 0.717) is 5.37 Å². The first-order valence-corrected chi connectivity index (χ1v) is 12.9. The number of piperazine rings is 2. The van der Waals surface area contributed by atoms with Gasteiger partial charge in [0.05, 0.1) is 5.37 Å². The van der Waals surface area contributed by atoms with Crippen LogP contribution >= 0.6 is 85.5 Å². The molecule has 0 aromatic heterocycles. The Morgan fingerprint density at radius 2 is 0.944 bits per heavy atom. The van der Waals surface area contributed by atoms with Gasteiger partial charge in [-0.25, -0.2) is 0 Å². The summed E-state index contributed by atoms with van der Waals surface area (Å²) in [6.07, 6.45) is 1.12. The van der Waals surface area contributed by atoms with Gasteiger partial charge in [-0.05, 0) is 41.8 Å². The molecule has 0 aliphatic carbocycles. The first-order chi connectivity index (χ1) is 15.5. The zero-order valence-electron chi connectivity index (χ0n) is 20.3. The van der Waals surface area contributed by atoms with Gasteiger partial charge < -0.3 is 4.90 Å². The molecule has 2 aliphatic rings. The summed E-state index contributed by atoms with van der Waals surface area (Å²) < 4.78 is 0. The molecule has 2 fully saturated rings. The van der Waals surface area contributed by atoms with Gasteiger partial charge in [0.2, 0.25) is 0 Å². The van der Waals surface area contributed by atoms with Gasteiger partial charge in [-0.3, -0.25) is 14.7 Å². The van der Waals surface area contributed by atoms with Crippen LogP contribution < -0.4 is 0 Å². The molecule has 4 nitrogen and oxygen atoms in total. The van der Waals surface area contributed by atoms with E-state index in [1.54, 1.807) is 0 Å². The van der Waals surface area contributed by atoms with E-state index in [1.165, 1.54) is 11.1 Å². The van der Waals surface area contributed by atoms with E-state index in [2.05, 4.69) is 43.9 Å². The molecular formula is C25H38Cl6N4S. The summed E-state index contributed by atoms with van der Waals surface area (Å²) in [6.45, 7) is 12.1. The van der Waals surface area contributed by atoms with Gasteiger partial charge in [0.25, 0.3) is 0 Å². The summed E-state index contributed by atoms with van der Waals surface area (Å²) in [5.74, 6) is 0. The van der Waals surface area contributed by atoms with Crippen molar-refractivity contribution in [3.63, 3.8) is 0 Å². The fraction of sp³-hybridized carbons (Fsp3) is 0.520. The van der Waals surface area contributed by atoms with Crippen LogP contribution in [0.5, 0.6) is 0 Å². The normalized spacial score (nSPS) is 18.2. The third-order valence-electron chi connectivity index (χ3n) is 6.64. The van der Waals surface area contributed by atoms with Crippen LogP contribution in [0.15, 0.2) is 48.5 Å². The second kappa shape index (κ2) is 18.6. The Bertz CT molecular complexity index is 829. The highest BCUT2D eigenvalue weighted by atomic mass is 35.5. The second-order valence-electron chi connectivity index (χ2n) is 8.95. The van der Waals surface area contributed by atoms with Crippen LogP contribution in [0.2, 0.25) is 10.0 Å². The zero-order valence-corrected chi connectivity index (χ0v) is 26.0. The SMILES string of the molecule is Cl.Cl.Cl.Cl.SC(CCN1CCN(Cc2ccc(Cl)cc2)CC1)N1CCN(Cc2ccc(Cl)cc2)CC1. The maximum Gasteiger partial charge on any atom is 0.0540 e. The highest BCUT2D eigenvalue weighted by molar-refractivity contribution is 7.80. The molecule has 2 aromatic carbocycles. The predicted octanol–water partition coefficient (Wildman–Crippen LogP) is 6.26. The number of rotatable bonds is 8. The van der Waals surface area contributed by atoms with E-state index in [9.17, 15) is 0 Å². The first-order valence-electron chi connectivity index (χ1n) is 11.6. The second-order valence-corrected chi connectivity index (χ2v) is 10.4. The van der Waals surface area contributed by atoms with Gasteiger partial charge >= 0.3 is 0 Å². The molecule has 2 saturated heterocycles. The molecule has 2 aliphatic heterocycles. The van der Waals surface area contributed by atoms with E-state index in [0.717, 1.165) is 88.5 Å². The number of nitrogens with zero attached hydrogens (tertiary/aromatic N) is 4. The molecule has 11 heteroatoms. The van der Waals surface area contributed by atoms with Crippen LogP contribution in [-0.4, -0.2) is 83.9 Å². The lowest BCUT2D eigenvalue weighted by molar-refractivity contribution is 0.0985. The first kappa shape index (κ1) is 36.4. The summed E-state index contributed by atoms with van der Waals surface area (Å²) in [5, 5.41) is 1.96. The summed E-state index contributed by atoms with van der Waals surface area (Å²) in [6, 6.07) is 16.5. The average molecular weight is 639 g/mol. The maximum absolute atomic E-state index is 6.00. The molecule has 2 aromatic rings. The predicted molar refractivity (Wildman–Crippen MR) is 168 cm³/mol. The average Bonchev–Trinajstić information content (AvgIpc) is 2.82. The van der Waals surface area contributed by atoms with Crippen molar-refractivity contribution in [2.24, 2.45) is 0 Å². The van der Waals surface area contributed by atoms with E-state index in [1.807, 2.05) is 24.3 Å². The Morgan fingerprint density at radius 1 is 0.583 bits per heavy atom. The largest absolute Gasteiger partial charge is 0.301 e. The van der Waals surface area contributed by atoms with Gasteiger partial charge in [0.1, 0.15) is 0 Å². The fourth-order valence-electron chi connectivity index (χ4n) is 4.57. The molecule has 0 spiro atoms. The lowest BCUT2D eigenvalue weighted by Gasteiger charge is -2.39. The van der Waals surface area contributed by atoms with Crippen LogP contribution in [-0.2, 0) is 13.1 Å². The molecule has 206 valence electrons. The van der Waals surface area contributed by atoms with Crippen molar-refractivity contribution in [3.8, 4) is 0 Å². The molecule has 0 radical (unpaired) electrons. The van der Waals surface area contributed by atoms with Crippen molar-refractivity contribution in [3.05, 3.63) is 69.7 Å². The van der Waals surface area contributed by atoms with Gasteiger partial charge in [0, 0.05) is 82.0 Å². The molecule has 4 rings (SSSR count). The molecule has 36 heavy (non-hydrogen) atoms. The van der Waals surface area contributed by atoms with E-state index >= 15 is 0 Å². The van der Waals surface area contributed by atoms with Crippen molar-refractivity contribution in [1.29, 1.82) is 0 Å². The van der Waals surface area contributed by atoms with Crippen LogP contribution in [0, 0.1) is 0 Å². The summed E-state index contributed by atoms with van der Waals surface area (Å²) in [4.78, 5) is 10.2. The highest BCUT2D eigenvalue weighted by Crippen LogP contribution is 2.17. The molecule has 0 amide bonds. The Balaban J connectivity index is 0.00000306. The molecule has 0 saturated carbocycles. The summed E-state index contributed by atoms with van der Waals surface area (Å²) >= 11 is 16.9. The van der Waals surface area contributed by atoms with Gasteiger partial charge in [-0.15, -0.1) is 49.6 Å². The lowest BCUT2D eigenvalue weighted by atomic mass is 10.2. The van der Waals surface area contributed by atoms with Crippen LogP contribution in [0.25, 0.3) is 0 Å². The van der Waals surface area contributed by atoms with Gasteiger partial charge in [-0.1, -0.05) is 47.5 Å². The van der Waals surface area contributed by atoms with Crippen molar-refractivity contribution in [2.75, 3.05) is 58.9 Å². The Kier molecular flexibility index (Phi) is 18.8. The molecule has 0 bridgehead atoms. The fourth-order valence-corrected chi connectivity index (χ4v) is 5.17. The lowest BCUT2D eigenvalue weighted by Crippen LogP contribution is -2.50. The number of hydrogen-bond acceptors (Lipinski definition) is 5. The van der Waals surface area contributed by atoms with Gasteiger partial charge in [0.15, 0.2) is 0 Å². The van der Waals surface area contributed by atoms with Crippen LogP contribution in [0.3, 0.4) is 0 Å². The van der Waals surface area contributed by atoms with Crippen LogP contribution in [0.1, 0.15) is 17.5 Å². The summed E-state index contributed by atoms with van der Waals surface area (Å²) in [7, 11) is 0. The topological polar surface area (TPSA) is 13.0 Å². The zero-order chi connectivity index (χ0) is 22.3. The number of hydrogen-bond donors (Lipinski definition) is 1. The molecule has 0 N–H and O–H groups in total. The minimum atomic E-state index is 0. The van der Waals surface area contributed by atoms with Crippen molar-refractivity contribution < 1.29 is 0 Å². The van der Waals surface area contributed by atoms with E-state index in [-0.39, 0.29) is 49.6 Å². The molecule has 2 heterocycles. The van der Waals surface area contributed by atoms with Crippen molar-refractivity contribution in [1.82, 2.24) is 19.6 Å². The highest BCUT2D eigenvalue weighted by Gasteiger charge is 2.23. The van der Waals surface area contributed by atoms with Gasteiger partial charge in [-0.2, -0.15) is 12.6 Å². The minimum Gasteiger partial charge on any atom is -0.301 e. The number of thiol groups is 1. The number of halogens is 6. The smallest absolute Gasteiger partial charge is 0.0540 e. The Morgan fingerprint density at radius 3 is 1.36 bits per heavy atom. The van der Waals surface area contributed by atoms with Crippen molar-refractivity contribution in [2.45, 2.75) is 24.9 Å². The molecule has 1 atom stereocenters. The van der Waals surface area contributed by atoms with Crippen LogP contribution in [0.4, 0.5) is 0 Å². The third kappa shape index (κ3) is 11.6. The Hall–Kier alpha value is 0.370. The van der Waals surface area contributed by atoms with Crippen molar-refractivity contribution >= 4 is 85.5 Å². The van der Waals surface area contributed by atoms with E-state index in [4.69, 9.17) is 35.8 Å². The monoisotopic (exact) mass is 636 g/mol. The maximum atomic E-state index is 6.00. The minimum absolute atomic E-state index is 0. The molecule has 1 unspecified atom stereocenters. The Labute approximate surface area is 257 Å². The molecular weight excluding hydrogens is 601 g/mol. The summed E-state index contributed by atoms with van der Waals surface area (Å²) in [5.41, 5.74) is 2.67.